The van der Waals surface area contributed by atoms with Crippen LogP contribution in [0.25, 0.3) is 0 Å². The number of aliphatic carboxylic acids is 1. The molecule has 1 heterocycles. The third kappa shape index (κ3) is 3.32. The average molecular weight is 284 g/mol. The zero-order chi connectivity index (χ0) is 14.6. The van der Waals surface area contributed by atoms with Gasteiger partial charge in [-0.2, -0.15) is 0 Å². The number of nitrogens with one attached hydrogen (secondary N) is 1. The summed E-state index contributed by atoms with van der Waals surface area (Å²) >= 11 is 0. The van der Waals surface area contributed by atoms with Crippen LogP contribution in [0.2, 0.25) is 0 Å². The molecule has 0 spiro atoms. The number of carbonyl (C=O) groups is 1. The Bertz CT molecular complexity index is 329. The Kier molecular flexibility index (Phi) is 5.41. The maximum Gasteiger partial charge on any atom is 0.323 e. The Balaban J connectivity index is 1.88. The summed E-state index contributed by atoms with van der Waals surface area (Å²) in [5.74, 6) is -0.689. The number of carboxylic acid groups (broad SMARTS) is 1. The molecule has 2 unspecified atom stereocenters. The first-order valence-electron chi connectivity index (χ1n) is 7.95. The van der Waals surface area contributed by atoms with E-state index in [1.54, 1.807) is 0 Å². The van der Waals surface area contributed by atoms with Crippen LogP contribution in [-0.4, -0.2) is 59.9 Å². The molecule has 0 radical (unpaired) electrons. The van der Waals surface area contributed by atoms with Crippen LogP contribution in [0.5, 0.6) is 0 Å². The van der Waals surface area contributed by atoms with Gasteiger partial charge in [0.15, 0.2) is 0 Å². The van der Waals surface area contributed by atoms with Crippen LogP contribution in [0, 0.1) is 0 Å². The van der Waals surface area contributed by atoms with E-state index in [9.17, 15) is 9.90 Å². The molecule has 1 aliphatic heterocycles. The van der Waals surface area contributed by atoms with Gasteiger partial charge in [0.2, 0.25) is 0 Å². The van der Waals surface area contributed by atoms with Gasteiger partial charge in [-0.1, -0.05) is 6.92 Å². The molecule has 2 atom stereocenters. The summed E-state index contributed by atoms with van der Waals surface area (Å²) in [4.78, 5) is 14.0. The standard InChI is InChI=1S/C15H28N2O3/c1-3-16-15(14(18)19)8-5-12(11-15)17-9-6-13(7-10-17)20-4-2/h12-13,16H,3-11H2,1-2H3,(H,18,19). The second-order valence-corrected chi connectivity index (χ2v) is 6.00. The van der Waals surface area contributed by atoms with E-state index in [4.69, 9.17) is 4.74 Å². The van der Waals surface area contributed by atoms with E-state index in [2.05, 4.69) is 10.2 Å². The van der Waals surface area contributed by atoms with Crippen molar-refractivity contribution in [3.05, 3.63) is 0 Å². The van der Waals surface area contributed by atoms with E-state index in [0.717, 1.165) is 51.8 Å². The Labute approximate surface area is 121 Å². The van der Waals surface area contributed by atoms with E-state index in [-0.39, 0.29) is 0 Å². The number of ether oxygens (including phenoxy) is 1. The van der Waals surface area contributed by atoms with Gasteiger partial charge in [0.1, 0.15) is 5.54 Å². The molecular formula is C15H28N2O3. The molecule has 2 rings (SSSR count). The lowest BCUT2D eigenvalue weighted by molar-refractivity contribution is -0.144. The highest BCUT2D eigenvalue weighted by Gasteiger charge is 2.46. The number of likely N-dealkylation sites (tertiary alicyclic amines) is 1. The number of hydrogen-bond acceptors (Lipinski definition) is 4. The molecule has 1 aliphatic carbocycles. The van der Waals surface area contributed by atoms with E-state index in [1.165, 1.54) is 0 Å². The van der Waals surface area contributed by atoms with Crippen molar-refractivity contribution < 1.29 is 14.6 Å². The van der Waals surface area contributed by atoms with Gasteiger partial charge in [-0.05, 0) is 45.6 Å². The van der Waals surface area contributed by atoms with E-state index in [0.29, 0.717) is 18.7 Å². The first-order valence-corrected chi connectivity index (χ1v) is 7.95. The van der Waals surface area contributed by atoms with Crippen LogP contribution in [0.3, 0.4) is 0 Å². The maximum absolute atomic E-state index is 11.6. The minimum atomic E-state index is -0.698. The summed E-state index contributed by atoms with van der Waals surface area (Å²) in [6.45, 7) is 7.60. The lowest BCUT2D eigenvalue weighted by atomic mass is 9.96. The zero-order valence-electron chi connectivity index (χ0n) is 12.7. The third-order valence-corrected chi connectivity index (χ3v) is 4.81. The summed E-state index contributed by atoms with van der Waals surface area (Å²) in [5.41, 5.74) is -0.698. The molecule has 0 bridgehead atoms. The number of nitrogens with zero attached hydrogens (tertiary/aromatic N) is 1. The van der Waals surface area contributed by atoms with Gasteiger partial charge in [-0.15, -0.1) is 0 Å². The Hall–Kier alpha value is -0.650. The summed E-state index contributed by atoms with van der Waals surface area (Å²) < 4.78 is 5.68. The number of carboxylic acids is 1. The number of piperidine rings is 1. The van der Waals surface area contributed by atoms with Crippen LogP contribution in [-0.2, 0) is 9.53 Å². The molecule has 5 nitrogen and oxygen atoms in total. The number of hydrogen-bond donors (Lipinski definition) is 2. The molecule has 2 fully saturated rings. The summed E-state index contributed by atoms with van der Waals surface area (Å²) in [5, 5.41) is 12.7. The van der Waals surface area contributed by atoms with Gasteiger partial charge in [0.25, 0.3) is 0 Å². The van der Waals surface area contributed by atoms with Crippen LogP contribution in [0.1, 0.15) is 46.0 Å². The molecule has 116 valence electrons. The third-order valence-electron chi connectivity index (χ3n) is 4.81. The predicted molar refractivity (Wildman–Crippen MR) is 77.9 cm³/mol. The number of rotatable bonds is 6. The highest BCUT2D eigenvalue weighted by Crippen LogP contribution is 2.34. The van der Waals surface area contributed by atoms with Crippen molar-refractivity contribution >= 4 is 5.97 Å². The van der Waals surface area contributed by atoms with Crippen molar-refractivity contribution in [3.8, 4) is 0 Å². The fraction of sp³-hybridized carbons (Fsp3) is 0.933. The first-order chi connectivity index (χ1) is 9.61. The summed E-state index contributed by atoms with van der Waals surface area (Å²) in [7, 11) is 0. The lowest BCUT2D eigenvalue weighted by Crippen LogP contribution is -2.52. The lowest BCUT2D eigenvalue weighted by Gasteiger charge is -2.36. The zero-order valence-corrected chi connectivity index (χ0v) is 12.7. The smallest absolute Gasteiger partial charge is 0.323 e. The second-order valence-electron chi connectivity index (χ2n) is 6.00. The molecule has 1 saturated carbocycles. The van der Waals surface area contributed by atoms with Gasteiger partial charge in [0.05, 0.1) is 6.10 Å². The van der Waals surface area contributed by atoms with Crippen LogP contribution in [0.15, 0.2) is 0 Å². The Morgan fingerprint density at radius 3 is 2.60 bits per heavy atom. The minimum Gasteiger partial charge on any atom is -0.480 e. The van der Waals surface area contributed by atoms with E-state index >= 15 is 0 Å². The Morgan fingerprint density at radius 2 is 2.05 bits per heavy atom. The molecule has 5 heteroatoms. The highest BCUT2D eigenvalue weighted by molar-refractivity contribution is 5.79. The van der Waals surface area contributed by atoms with Gasteiger partial charge in [0, 0.05) is 25.7 Å². The molecule has 0 aromatic rings. The van der Waals surface area contributed by atoms with Gasteiger partial charge in [-0.3, -0.25) is 4.79 Å². The second kappa shape index (κ2) is 6.87. The largest absolute Gasteiger partial charge is 0.480 e. The van der Waals surface area contributed by atoms with Crippen molar-refractivity contribution in [2.75, 3.05) is 26.2 Å². The molecule has 2 N–H and O–H groups in total. The Morgan fingerprint density at radius 1 is 1.35 bits per heavy atom. The molecule has 0 aromatic carbocycles. The summed E-state index contributed by atoms with van der Waals surface area (Å²) in [6.07, 6.45) is 5.01. The molecule has 20 heavy (non-hydrogen) atoms. The SMILES string of the molecule is CCNC1(C(=O)O)CCC(N2CCC(OCC)CC2)C1. The average Bonchev–Trinajstić information content (AvgIpc) is 2.86. The normalized spacial score (nSPS) is 32.6. The van der Waals surface area contributed by atoms with Gasteiger partial charge in [-0.25, -0.2) is 0 Å². The van der Waals surface area contributed by atoms with Crippen molar-refractivity contribution in [2.24, 2.45) is 0 Å². The summed E-state index contributed by atoms with van der Waals surface area (Å²) in [6, 6.07) is 0.410. The number of likely N-dealkylation sites (N-methyl/N-ethyl adjacent to an activating group) is 1. The monoisotopic (exact) mass is 284 g/mol. The van der Waals surface area contributed by atoms with Crippen LogP contribution >= 0.6 is 0 Å². The first kappa shape index (κ1) is 15.7. The predicted octanol–water partition coefficient (Wildman–Crippen LogP) is 1.47. The van der Waals surface area contributed by atoms with Crippen molar-refractivity contribution in [1.82, 2.24) is 10.2 Å². The quantitative estimate of drug-likeness (QED) is 0.773. The molecule has 2 aliphatic rings. The van der Waals surface area contributed by atoms with Gasteiger partial charge < -0.3 is 20.1 Å². The van der Waals surface area contributed by atoms with Gasteiger partial charge >= 0.3 is 5.97 Å². The minimum absolute atomic E-state index is 0.399. The van der Waals surface area contributed by atoms with E-state index in [1.807, 2.05) is 13.8 Å². The van der Waals surface area contributed by atoms with Crippen LogP contribution < -0.4 is 5.32 Å². The fourth-order valence-corrected chi connectivity index (χ4v) is 3.74. The van der Waals surface area contributed by atoms with E-state index < -0.39 is 11.5 Å². The molecule has 0 amide bonds. The van der Waals surface area contributed by atoms with Crippen molar-refractivity contribution in [3.63, 3.8) is 0 Å². The topological polar surface area (TPSA) is 61.8 Å². The molecule has 0 aromatic heterocycles. The fourth-order valence-electron chi connectivity index (χ4n) is 3.74. The van der Waals surface area contributed by atoms with Crippen molar-refractivity contribution in [2.45, 2.75) is 63.6 Å². The molecular weight excluding hydrogens is 256 g/mol. The van der Waals surface area contributed by atoms with Crippen molar-refractivity contribution in [1.29, 1.82) is 0 Å². The molecule has 1 saturated heterocycles. The maximum atomic E-state index is 11.6. The highest BCUT2D eigenvalue weighted by atomic mass is 16.5. The van der Waals surface area contributed by atoms with Crippen LogP contribution in [0.4, 0.5) is 0 Å².